The standard InChI is InChI=1S/C10H9Br2ClN2OS/c11-6-2-14-10(8(12)9(6)13)15-3-5(4-17)1-7(15)16/h2,5,17H,1,3-4H2. The second-order valence-electron chi connectivity index (χ2n) is 3.81. The number of anilines is 1. The first-order valence-corrected chi connectivity index (χ1v) is 7.55. The zero-order chi connectivity index (χ0) is 12.6. The van der Waals surface area contributed by atoms with Gasteiger partial charge in [0.2, 0.25) is 5.91 Å². The Balaban J connectivity index is 2.35. The number of nitrogens with zero attached hydrogens (tertiary/aromatic N) is 2. The molecule has 1 aliphatic rings. The molecule has 1 amide bonds. The number of pyridine rings is 1. The molecular formula is C10H9Br2ClN2OS. The summed E-state index contributed by atoms with van der Waals surface area (Å²) in [6.45, 7) is 0.645. The summed E-state index contributed by atoms with van der Waals surface area (Å²) in [5.41, 5.74) is 0. The van der Waals surface area contributed by atoms with Crippen LogP contribution in [-0.4, -0.2) is 23.2 Å². The minimum atomic E-state index is 0.0654. The van der Waals surface area contributed by atoms with Crippen molar-refractivity contribution in [1.29, 1.82) is 0 Å². The summed E-state index contributed by atoms with van der Waals surface area (Å²) in [5.74, 6) is 1.62. The maximum atomic E-state index is 11.9. The topological polar surface area (TPSA) is 33.2 Å². The minimum absolute atomic E-state index is 0.0654. The van der Waals surface area contributed by atoms with Crippen molar-refractivity contribution in [3.63, 3.8) is 0 Å². The summed E-state index contributed by atoms with van der Waals surface area (Å²) in [7, 11) is 0. The second-order valence-corrected chi connectivity index (χ2v) is 6.21. The lowest BCUT2D eigenvalue weighted by Gasteiger charge is -2.17. The van der Waals surface area contributed by atoms with Gasteiger partial charge in [-0.05, 0) is 43.5 Å². The van der Waals surface area contributed by atoms with Gasteiger partial charge in [-0.1, -0.05) is 11.6 Å². The van der Waals surface area contributed by atoms with Gasteiger partial charge in [-0.25, -0.2) is 4.98 Å². The molecule has 1 aromatic rings. The lowest BCUT2D eigenvalue weighted by Crippen LogP contribution is -2.26. The van der Waals surface area contributed by atoms with Crippen LogP contribution in [0.3, 0.4) is 0 Å². The Labute approximate surface area is 127 Å². The van der Waals surface area contributed by atoms with E-state index in [1.807, 2.05) is 0 Å². The van der Waals surface area contributed by atoms with Crippen LogP contribution in [0.1, 0.15) is 6.42 Å². The Bertz CT molecular complexity index is 472. The fourth-order valence-electron chi connectivity index (χ4n) is 1.73. The molecule has 92 valence electrons. The molecule has 1 aliphatic heterocycles. The van der Waals surface area contributed by atoms with E-state index in [1.165, 1.54) is 0 Å². The molecule has 0 radical (unpaired) electrons. The minimum Gasteiger partial charge on any atom is -0.296 e. The predicted octanol–water partition coefficient (Wildman–Crippen LogP) is 3.54. The van der Waals surface area contributed by atoms with Crippen LogP contribution in [0.4, 0.5) is 5.82 Å². The van der Waals surface area contributed by atoms with Crippen LogP contribution in [0.5, 0.6) is 0 Å². The molecule has 1 unspecified atom stereocenters. The number of halogens is 3. The van der Waals surface area contributed by atoms with E-state index in [4.69, 9.17) is 11.6 Å². The molecule has 0 spiro atoms. The monoisotopic (exact) mass is 398 g/mol. The number of aromatic nitrogens is 1. The lowest BCUT2D eigenvalue weighted by atomic mass is 10.1. The number of amides is 1. The van der Waals surface area contributed by atoms with Crippen molar-refractivity contribution in [3.05, 3.63) is 20.2 Å². The quantitative estimate of drug-likeness (QED) is 0.771. The molecule has 0 aromatic carbocycles. The summed E-state index contributed by atoms with van der Waals surface area (Å²) < 4.78 is 1.34. The summed E-state index contributed by atoms with van der Waals surface area (Å²) in [6, 6.07) is 0. The molecule has 1 fully saturated rings. The van der Waals surface area contributed by atoms with Gasteiger partial charge in [0.1, 0.15) is 0 Å². The number of rotatable bonds is 2. The highest BCUT2D eigenvalue weighted by Gasteiger charge is 2.32. The third-order valence-corrected chi connectivity index (χ3v) is 5.34. The van der Waals surface area contributed by atoms with E-state index >= 15 is 0 Å². The highest BCUT2D eigenvalue weighted by molar-refractivity contribution is 9.11. The Morgan fingerprint density at radius 1 is 1.59 bits per heavy atom. The van der Waals surface area contributed by atoms with Crippen LogP contribution in [0, 0.1) is 5.92 Å². The van der Waals surface area contributed by atoms with Crippen LogP contribution < -0.4 is 4.90 Å². The maximum absolute atomic E-state index is 11.9. The maximum Gasteiger partial charge on any atom is 0.228 e. The van der Waals surface area contributed by atoms with Crippen LogP contribution in [0.15, 0.2) is 15.1 Å². The van der Waals surface area contributed by atoms with Crippen LogP contribution in [-0.2, 0) is 4.79 Å². The summed E-state index contributed by atoms with van der Waals surface area (Å²) in [4.78, 5) is 17.8. The van der Waals surface area contributed by atoms with Gasteiger partial charge in [-0.15, -0.1) is 0 Å². The molecule has 1 atom stereocenters. The van der Waals surface area contributed by atoms with Crippen molar-refractivity contribution in [2.24, 2.45) is 5.92 Å². The molecule has 0 N–H and O–H groups in total. The zero-order valence-electron chi connectivity index (χ0n) is 8.66. The number of carbonyl (C=O) groups is 1. The van der Waals surface area contributed by atoms with Crippen molar-refractivity contribution >= 4 is 67.8 Å². The second kappa shape index (κ2) is 5.47. The van der Waals surface area contributed by atoms with Crippen LogP contribution >= 0.6 is 56.1 Å². The van der Waals surface area contributed by atoms with Crippen LogP contribution in [0.2, 0.25) is 5.02 Å². The van der Waals surface area contributed by atoms with Gasteiger partial charge < -0.3 is 0 Å². The van der Waals surface area contributed by atoms with Crippen molar-refractivity contribution in [2.75, 3.05) is 17.2 Å². The summed E-state index contributed by atoms with van der Waals surface area (Å²) in [6.07, 6.45) is 2.12. The van der Waals surface area contributed by atoms with E-state index in [9.17, 15) is 4.79 Å². The lowest BCUT2D eigenvalue weighted by molar-refractivity contribution is -0.117. The van der Waals surface area contributed by atoms with Gasteiger partial charge in [0.25, 0.3) is 0 Å². The Kier molecular flexibility index (Phi) is 4.39. The third kappa shape index (κ3) is 2.64. The molecule has 1 saturated heterocycles. The van der Waals surface area contributed by atoms with Gasteiger partial charge in [0.15, 0.2) is 5.82 Å². The Morgan fingerprint density at radius 3 is 2.88 bits per heavy atom. The average molecular weight is 401 g/mol. The molecule has 3 nitrogen and oxygen atoms in total. The van der Waals surface area contributed by atoms with Crippen molar-refractivity contribution in [2.45, 2.75) is 6.42 Å². The molecular weight excluding hydrogens is 391 g/mol. The van der Waals surface area contributed by atoms with E-state index in [1.54, 1.807) is 11.1 Å². The molecule has 1 aromatic heterocycles. The number of hydrogen-bond acceptors (Lipinski definition) is 3. The number of hydrogen-bond donors (Lipinski definition) is 1. The van der Waals surface area contributed by atoms with E-state index in [0.29, 0.717) is 38.5 Å². The zero-order valence-corrected chi connectivity index (χ0v) is 13.5. The van der Waals surface area contributed by atoms with Gasteiger partial charge in [-0.2, -0.15) is 12.6 Å². The van der Waals surface area contributed by atoms with Crippen molar-refractivity contribution < 1.29 is 4.79 Å². The van der Waals surface area contributed by atoms with Crippen LogP contribution in [0.25, 0.3) is 0 Å². The van der Waals surface area contributed by atoms with Gasteiger partial charge in [-0.3, -0.25) is 9.69 Å². The first-order chi connectivity index (χ1) is 8.04. The van der Waals surface area contributed by atoms with Gasteiger partial charge in [0, 0.05) is 19.2 Å². The fourth-order valence-corrected chi connectivity index (χ4v) is 3.21. The molecule has 0 bridgehead atoms. The number of carbonyl (C=O) groups excluding carboxylic acids is 1. The van der Waals surface area contributed by atoms with Gasteiger partial charge in [0.05, 0.1) is 14.0 Å². The van der Waals surface area contributed by atoms with Gasteiger partial charge >= 0.3 is 0 Å². The fraction of sp³-hybridized carbons (Fsp3) is 0.400. The highest BCUT2D eigenvalue weighted by Crippen LogP contribution is 2.38. The van der Waals surface area contributed by atoms with Crippen molar-refractivity contribution in [3.8, 4) is 0 Å². The largest absolute Gasteiger partial charge is 0.296 e. The Morgan fingerprint density at radius 2 is 2.29 bits per heavy atom. The van der Waals surface area contributed by atoms with E-state index in [-0.39, 0.29) is 11.8 Å². The molecule has 0 saturated carbocycles. The first kappa shape index (κ1) is 13.6. The SMILES string of the molecule is O=C1CC(CS)CN1c1ncc(Br)c(Cl)c1Br. The Hall–Kier alpha value is 0.220. The molecule has 17 heavy (non-hydrogen) atoms. The molecule has 2 heterocycles. The smallest absolute Gasteiger partial charge is 0.228 e. The molecule has 0 aliphatic carbocycles. The summed E-state index contributed by atoms with van der Waals surface area (Å²) >= 11 is 17.0. The van der Waals surface area contributed by atoms with E-state index < -0.39 is 0 Å². The molecule has 7 heteroatoms. The number of thiol groups is 1. The average Bonchev–Trinajstić information content (AvgIpc) is 2.68. The molecule has 2 rings (SSSR count). The highest BCUT2D eigenvalue weighted by atomic mass is 79.9. The predicted molar refractivity (Wildman–Crippen MR) is 79.0 cm³/mol. The summed E-state index contributed by atoms with van der Waals surface area (Å²) in [5, 5.41) is 0.525. The van der Waals surface area contributed by atoms with E-state index in [2.05, 4.69) is 49.5 Å². The normalized spacial score (nSPS) is 20.1. The first-order valence-electron chi connectivity index (χ1n) is 4.95. The third-order valence-electron chi connectivity index (χ3n) is 2.62. The van der Waals surface area contributed by atoms with Crippen molar-refractivity contribution in [1.82, 2.24) is 4.98 Å². The van der Waals surface area contributed by atoms with E-state index in [0.717, 1.165) is 0 Å².